The molecule has 8 nitrogen and oxygen atoms in total. The van der Waals surface area contributed by atoms with Gasteiger partial charge in [-0.05, 0) is 29.3 Å². The third kappa shape index (κ3) is 7.31. The fraction of sp³-hybridized carbons (Fsp3) is 0.600. The zero-order chi connectivity index (χ0) is 30.2. The summed E-state index contributed by atoms with van der Waals surface area (Å²) in [7, 11) is -2.11. The van der Waals surface area contributed by atoms with Crippen LogP contribution in [-0.4, -0.2) is 82.2 Å². The highest BCUT2D eigenvalue weighted by atomic mass is 79.9. The molecule has 2 fully saturated rings. The van der Waals surface area contributed by atoms with Crippen LogP contribution in [0.2, 0.25) is 48.8 Å². The average Bonchev–Trinajstić information content (AvgIpc) is 3.60. The third-order valence-corrected chi connectivity index (χ3v) is 14.3. The number of halogens is 2. The molecule has 0 radical (unpaired) electrons. The normalized spacial score (nSPS) is 22.8. The number of ether oxygens (including phenoxy) is 5. The third-order valence-electron chi connectivity index (χ3n) is 8.45. The van der Waals surface area contributed by atoms with Crippen LogP contribution in [0.15, 0.2) is 34.8 Å². The second kappa shape index (κ2) is 13.0. The lowest BCUT2D eigenvalue weighted by Gasteiger charge is -2.30. The summed E-state index contributed by atoms with van der Waals surface area (Å²) in [6.45, 7) is 18.9. The molecule has 2 aliphatic rings. The zero-order valence-corrected chi connectivity index (χ0v) is 30.2. The Morgan fingerprint density at radius 3 is 2.40 bits per heavy atom. The van der Waals surface area contributed by atoms with E-state index in [0.29, 0.717) is 48.8 Å². The summed E-state index contributed by atoms with van der Waals surface area (Å²) in [6.07, 6.45) is -0.823. The molecule has 4 atom stereocenters. The molecule has 2 aliphatic heterocycles. The molecule has 0 spiro atoms. The van der Waals surface area contributed by atoms with E-state index < -0.39 is 16.9 Å². The van der Waals surface area contributed by atoms with Gasteiger partial charge in [-0.15, -0.1) is 0 Å². The standard InChI is InChI=1S/C30H43BrClN3O5Si2/c1-30(2,41(3)4)17-39-23-15-37-27-24(16-38-26(23)27)40-29-34-28-22(35(29)18-36-12-13-42(5,6)7)14-21(32)25(33-28)19-8-10-20(31)11-9-19/h8-11,14,23-24,26-27,41H,12-13,15-18H2,1-7H3/t23-,24-,26+,27-/m1/s1. The van der Waals surface area contributed by atoms with Gasteiger partial charge in [-0.2, -0.15) is 4.98 Å². The average molecular weight is 697 g/mol. The fourth-order valence-corrected chi connectivity index (χ4v) is 6.57. The first-order chi connectivity index (χ1) is 19.8. The molecule has 0 amide bonds. The Hall–Kier alpha value is -1.32. The van der Waals surface area contributed by atoms with Crippen molar-refractivity contribution >= 4 is 55.6 Å². The van der Waals surface area contributed by atoms with Gasteiger partial charge in [-0.1, -0.05) is 86.2 Å². The van der Waals surface area contributed by atoms with Crippen LogP contribution in [-0.2, 0) is 25.7 Å². The predicted octanol–water partition coefficient (Wildman–Crippen LogP) is 7.02. The molecule has 3 aromatic rings. The van der Waals surface area contributed by atoms with Gasteiger partial charge < -0.3 is 23.7 Å². The molecular formula is C30H43BrClN3O5Si2. The van der Waals surface area contributed by atoms with E-state index in [1.807, 2.05) is 34.9 Å². The molecule has 0 N–H and O–H groups in total. The Morgan fingerprint density at radius 1 is 1.07 bits per heavy atom. The molecule has 5 rings (SSSR count). The Labute approximate surface area is 265 Å². The minimum absolute atomic E-state index is 0.103. The molecule has 4 heterocycles. The van der Waals surface area contributed by atoms with E-state index in [9.17, 15) is 0 Å². The first-order valence-electron chi connectivity index (χ1n) is 14.7. The van der Waals surface area contributed by atoms with Gasteiger partial charge in [0.2, 0.25) is 0 Å². The number of pyridine rings is 1. The van der Waals surface area contributed by atoms with Crippen LogP contribution < -0.4 is 4.74 Å². The lowest BCUT2D eigenvalue weighted by molar-refractivity contribution is -0.0423. The summed E-state index contributed by atoms with van der Waals surface area (Å²) in [5.41, 5.74) is 2.88. The van der Waals surface area contributed by atoms with Crippen molar-refractivity contribution < 1.29 is 23.7 Å². The van der Waals surface area contributed by atoms with Crippen molar-refractivity contribution in [1.29, 1.82) is 0 Å². The molecule has 2 saturated heterocycles. The molecule has 0 bridgehead atoms. The van der Waals surface area contributed by atoms with Gasteiger partial charge in [-0.3, -0.25) is 4.57 Å². The summed E-state index contributed by atoms with van der Waals surface area (Å²) in [5.74, 6) is 0. The first-order valence-corrected chi connectivity index (χ1v) is 22.5. The molecule has 12 heteroatoms. The van der Waals surface area contributed by atoms with E-state index in [1.54, 1.807) is 0 Å². The Bertz CT molecular complexity index is 1380. The molecule has 2 aromatic heterocycles. The van der Waals surface area contributed by atoms with Crippen LogP contribution in [0.1, 0.15) is 13.8 Å². The van der Waals surface area contributed by atoms with Crippen molar-refractivity contribution in [3.8, 4) is 17.3 Å². The second-order valence-electron chi connectivity index (χ2n) is 13.6. The zero-order valence-electron chi connectivity index (χ0n) is 25.7. The Kier molecular flexibility index (Phi) is 9.90. The number of rotatable bonds is 12. The number of nitrogens with zero attached hydrogens (tertiary/aromatic N) is 3. The van der Waals surface area contributed by atoms with Gasteiger partial charge in [0.1, 0.15) is 25.0 Å². The van der Waals surface area contributed by atoms with Gasteiger partial charge in [-0.25, -0.2) is 4.98 Å². The molecule has 0 aliphatic carbocycles. The molecule has 42 heavy (non-hydrogen) atoms. The monoisotopic (exact) mass is 695 g/mol. The molecule has 0 unspecified atom stereocenters. The van der Waals surface area contributed by atoms with Gasteiger partial charge in [0.25, 0.3) is 0 Å². The van der Waals surface area contributed by atoms with Crippen LogP contribution in [0.3, 0.4) is 0 Å². The molecule has 0 saturated carbocycles. The van der Waals surface area contributed by atoms with Crippen molar-refractivity contribution in [3.63, 3.8) is 0 Å². The quantitative estimate of drug-likeness (QED) is 0.149. The van der Waals surface area contributed by atoms with Crippen LogP contribution in [0.5, 0.6) is 6.01 Å². The van der Waals surface area contributed by atoms with Crippen LogP contribution in [0, 0.1) is 0 Å². The number of benzene rings is 1. The minimum Gasteiger partial charge on any atom is -0.456 e. The lowest BCUT2D eigenvalue weighted by atomic mass is 10.1. The topological polar surface area (TPSA) is 76.9 Å². The highest BCUT2D eigenvalue weighted by Crippen LogP contribution is 2.36. The van der Waals surface area contributed by atoms with Gasteiger partial charge in [0, 0.05) is 40.1 Å². The fourth-order valence-electron chi connectivity index (χ4n) is 4.86. The van der Waals surface area contributed by atoms with Crippen LogP contribution in [0.25, 0.3) is 22.4 Å². The Morgan fingerprint density at radius 2 is 1.74 bits per heavy atom. The van der Waals surface area contributed by atoms with Crippen molar-refractivity contribution in [2.45, 2.75) is 88.8 Å². The highest BCUT2D eigenvalue weighted by molar-refractivity contribution is 9.10. The van der Waals surface area contributed by atoms with E-state index >= 15 is 0 Å². The minimum atomic E-state index is -1.24. The largest absolute Gasteiger partial charge is 0.456 e. The van der Waals surface area contributed by atoms with Crippen molar-refractivity contribution in [2.75, 3.05) is 26.4 Å². The summed E-state index contributed by atoms with van der Waals surface area (Å²) in [4.78, 5) is 9.67. The predicted molar refractivity (Wildman–Crippen MR) is 176 cm³/mol. The van der Waals surface area contributed by atoms with Crippen LogP contribution >= 0.6 is 27.5 Å². The lowest BCUT2D eigenvalue weighted by Crippen LogP contribution is -2.37. The summed E-state index contributed by atoms with van der Waals surface area (Å²) in [6, 6.07) is 11.3. The number of hydrogen-bond donors (Lipinski definition) is 0. The number of hydrogen-bond acceptors (Lipinski definition) is 7. The highest BCUT2D eigenvalue weighted by Gasteiger charge is 2.50. The number of imidazole rings is 1. The van der Waals surface area contributed by atoms with E-state index in [0.717, 1.165) is 21.6 Å². The molecule has 1 aromatic carbocycles. The maximum atomic E-state index is 6.78. The SMILES string of the molecule is C[SiH](C)C(C)(C)CO[C@@H]1CO[C@H]2[C@H]1OC[C@H]2Oc1nc2nc(-c3ccc(Br)cc3)c(Cl)cc2n1COCC[Si](C)(C)C. The van der Waals surface area contributed by atoms with Crippen molar-refractivity contribution in [3.05, 3.63) is 39.8 Å². The van der Waals surface area contributed by atoms with Crippen molar-refractivity contribution in [1.82, 2.24) is 14.5 Å². The van der Waals surface area contributed by atoms with E-state index in [4.69, 9.17) is 45.3 Å². The summed E-state index contributed by atoms with van der Waals surface area (Å²) >= 11 is 10.3. The van der Waals surface area contributed by atoms with Gasteiger partial charge in [0.15, 0.2) is 11.8 Å². The second-order valence-corrected chi connectivity index (χ2v) is 24.4. The summed E-state index contributed by atoms with van der Waals surface area (Å²) in [5, 5.41) is 0.742. The van der Waals surface area contributed by atoms with Crippen molar-refractivity contribution in [2.24, 2.45) is 0 Å². The molecule has 230 valence electrons. The van der Waals surface area contributed by atoms with Gasteiger partial charge >= 0.3 is 6.01 Å². The maximum absolute atomic E-state index is 6.78. The maximum Gasteiger partial charge on any atom is 0.301 e. The smallest absolute Gasteiger partial charge is 0.301 e. The number of fused-ring (bicyclic) bond motifs is 2. The van der Waals surface area contributed by atoms with E-state index in [2.05, 4.69) is 62.5 Å². The van der Waals surface area contributed by atoms with E-state index in [1.165, 1.54) is 0 Å². The van der Waals surface area contributed by atoms with Crippen LogP contribution in [0.4, 0.5) is 0 Å². The van der Waals surface area contributed by atoms with E-state index in [-0.39, 0.29) is 36.2 Å². The Balaban J connectivity index is 1.37. The van der Waals surface area contributed by atoms with Gasteiger partial charge in [0.05, 0.1) is 29.4 Å². The number of aromatic nitrogens is 3. The summed E-state index contributed by atoms with van der Waals surface area (Å²) < 4.78 is 34.3. The first kappa shape index (κ1) is 32.1. The molecular weight excluding hydrogens is 654 g/mol.